The number of hydrogen-bond acceptors (Lipinski definition) is 2. The summed E-state index contributed by atoms with van der Waals surface area (Å²) in [5, 5.41) is 0. The highest BCUT2D eigenvalue weighted by atomic mass is 16.2. The first kappa shape index (κ1) is 13.4. The van der Waals surface area contributed by atoms with Crippen LogP contribution in [0.5, 0.6) is 0 Å². The lowest BCUT2D eigenvalue weighted by Gasteiger charge is -2.29. The van der Waals surface area contributed by atoms with Gasteiger partial charge in [-0.05, 0) is 6.42 Å². The van der Waals surface area contributed by atoms with Crippen LogP contribution in [0.3, 0.4) is 0 Å². The third kappa shape index (κ3) is 4.61. The lowest BCUT2D eigenvalue weighted by molar-refractivity contribution is -0.139. The summed E-state index contributed by atoms with van der Waals surface area (Å²) >= 11 is 0. The lowest BCUT2D eigenvalue weighted by Crippen LogP contribution is -2.42. The molecule has 0 aliphatic rings. The largest absolute Gasteiger partial charge is 0.341 e. The highest BCUT2D eigenvalue weighted by molar-refractivity contribution is 5.81. The zero-order valence-electron chi connectivity index (χ0n) is 9.97. The predicted molar refractivity (Wildman–Crippen MR) is 60.0 cm³/mol. The maximum Gasteiger partial charge on any atom is 0.227 e. The molecule has 84 valence electrons. The maximum absolute atomic E-state index is 11.9. The zero-order valence-corrected chi connectivity index (χ0v) is 9.97. The Morgan fingerprint density at radius 3 is 2.21 bits per heavy atom. The summed E-state index contributed by atoms with van der Waals surface area (Å²) < 4.78 is 0. The molecule has 0 aliphatic carbocycles. The Balaban J connectivity index is 4.25. The first-order chi connectivity index (χ1) is 6.43. The summed E-state index contributed by atoms with van der Waals surface area (Å²) in [7, 11) is 0. The molecule has 14 heavy (non-hydrogen) atoms. The molecule has 0 rings (SSSR count). The van der Waals surface area contributed by atoms with Crippen molar-refractivity contribution in [3.8, 4) is 0 Å². The molecule has 0 aromatic rings. The molecule has 0 spiro atoms. The zero-order chi connectivity index (χ0) is 11.2. The molecule has 2 N–H and O–H groups in total. The van der Waals surface area contributed by atoms with Crippen LogP contribution in [-0.4, -0.2) is 30.4 Å². The molecule has 1 amide bonds. The number of hydrogen-bond donors (Lipinski definition) is 1. The van der Waals surface area contributed by atoms with Crippen molar-refractivity contribution in [2.45, 2.75) is 40.5 Å². The molecule has 0 atom stereocenters. The van der Waals surface area contributed by atoms with Gasteiger partial charge < -0.3 is 10.6 Å². The molecule has 3 nitrogen and oxygen atoms in total. The minimum Gasteiger partial charge on any atom is -0.341 e. The van der Waals surface area contributed by atoms with Crippen molar-refractivity contribution >= 4 is 5.91 Å². The molecule has 0 bridgehead atoms. The number of carbonyl (C=O) groups excluding carboxylic acids is 1. The van der Waals surface area contributed by atoms with E-state index >= 15 is 0 Å². The Morgan fingerprint density at radius 2 is 1.86 bits per heavy atom. The Kier molecular flexibility index (Phi) is 5.77. The molecule has 0 aromatic carbocycles. The van der Waals surface area contributed by atoms with Crippen LogP contribution < -0.4 is 5.73 Å². The average Bonchev–Trinajstić information content (AvgIpc) is 2.09. The summed E-state index contributed by atoms with van der Waals surface area (Å²) in [4.78, 5) is 13.8. The second kappa shape index (κ2) is 6.02. The monoisotopic (exact) mass is 200 g/mol. The van der Waals surface area contributed by atoms with E-state index in [2.05, 4.69) is 6.92 Å². The van der Waals surface area contributed by atoms with Gasteiger partial charge in [0.15, 0.2) is 0 Å². The number of rotatable bonds is 5. The quantitative estimate of drug-likeness (QED) is 0.733. The molecule has 0 unspecified atom stereocenters. The molecule has 3 heteroatoms. The number of carbonyl (C=O) groups is 1. The van der Waals surface area contributed by atoms with E-state index in [1.54, 1.807) is 0 Å². The van der Waals surface area contributed by atoms with Crippen LogP contribution in [-0.2, 0) is 4.79 Å². The Bertz CT molecular complexity index is 173. The van der Waals surface area contributed by atoms with Crippen LogP contribution >= 0.6 is 0 Å². The van der Waals surface area contributed by atoms with Gasteiger partial charge in [-0.1, -0.05) is 34.1 Å². The summed E-state index contributed by atoms with van der Waals surface area (Å²) in [6.45, 7) is 10.0. The van der Waals surface area contributed by atoms with Crippen molar-refractivity contribution in [3.05, 3.63) is 0 Å². The summed E-state index contributed by atoms with van der Waals surface area (Å²) in [5.74, 6) is 0.205. The van der Waals surface area contributed by atoms with Gasteiger partial charge in [-0.15, -0.1) is 0 Å². The molecule has 0 fully saturated rings. The van der Waals surface area contributed by atoms with E-state index in [1.165, 1.54) is 0 Å². The smallest absolute Gasteiger partial charge is 0.227 e. The van der Waals surface area contributed by atoms with Crippen molar-refractivity contribution in [2.24, 2.45) is 11.1 Å². The standard InChI is InChI=1S/C11H24N2O/c1-5-6-8-13(9-7-12)10(14)11(2,3)4/h5-9,12H2,1-4H3. The van der Waals surface area contributed by atoms with Crippen molar-refractivity contribution in [1.29, 1.82) is 0 Å². The topological polar surface area (TPSA) is 46.3 Å². The second-order valence-corrected chi connectivity index (χ2v) is 4.68. The Morgan fingerprint density at radius 1 is 1.29 bits per heavy atom. The third-order valence-electron chi connectivity index (χ3n) is 2.11. The molecule has 0 radical (unpaired) electrons. The summed E-state index contributed by atoms with van der Waals surface area (Å²) in [5.41, 5.74) is 5.20. The number of nitrogens with two attached hydrogens (primary N) is 1. The molecule has 0 saturated carbocycles. The fraction of sp³-hybridized carbons (Fsp3) is 0.909. The van der Waals surface area contributed by atoms with Gasteiger partial charge in [0.1, 0.15) is 0 Å². The van der Waals surface area contributed by atoms with Crippen LogP contribution in [0.25, 0.3) is 0 Å². The van der Waals surface area contributed by atoms with Crippen molar-refractivity contribution in [3.63, 3.8) is 0 Å². The third-order valence-corrected chi connectivity index (χ3v) is 2.11. The Labute approximate surface area is 87.6 Å². The molecular weight excluding hydrogens is 176 g/mol. The minimum atomic E-state index is -0.289. The number of unbranched alkanes of at least 4 members (excludes halogenated alkanes) is 1. The first-order valence-corrected chi connectivity index (χ1v) is 5.43. The normalized spacial score (nSPS) is 11.5. The van der Waals surface area contributed by atoms with Gasteiger partial charge in [-0.2, -0.15) is 0 Å². The summed E-state index contributed by atoms with van der Waals surface area (Å²) in [6.07, 6.45) is 2.17. The average molecular weight is 200 g/mol. The lowest BCUT2D eigenvalue weighted by atomic mass is 9.94. The van der Waals surface area contributed by atoms with E-state index in [0.717, 1.165) is 19.4 Å². The first-order valence-electron chi connectivity index (χ1n) is 5.43. The van der Waals surface area contributed by atoms with Crippen LogP contribution in [0.15, 0.2) is 0 Å². The SMILES string of the molecule is CCCCN(CCN)C(=O)C(C)(C)C. The van der Waals surface area contributed by atoms with Gasteiger partial charge in [0.05, 0.1) is 0 Å². The van der Waals surface area contributed by atoms with E-state index in [1.807, 2.05) is 25.7 Å². The molecule has 0 saturated heterocycles. The van der Waals surface area contributed by atoms with E-state index in [-0.39, 0.29) is 11.3 Å². The predicted octanol–water partition coefficient (Wildman–Crippen LogP) is 1.62. The maximum atomic E-state index is 11.9. The van der Waals surface area contributed by atoms with E-state index < -0.39 is 0 Å². The molecule has 0 heterocycles. The van der Waals surface area contributed by atoms with Crippen LogP contribution in [0.4, 0.5) is 0 Å². The van der Waals surface area contributed by atoms with Gasteiger partial charge >= 0.3 is 0 Å². The van der Waals surface area contributed by atoms with Crippen molar-refractivity contribution in [2.75, 3.05) is 19.6 Å². The van der Waals surface area contributed by atoms with Crippen LogP contribution in [0.1, 0.15) is 40.5 Å². The second-order valence-electron chi connectivity index (χ2n) is 4.68. The molecule has 0 aliphatic heterocycles. The fourth-order valence-electron chi connectivity index (χ4n) is 1.29. The minimum absolute atomic E-state index is 0.205. The highest BCUT2D eigenvalue weighted by Crippen LogP contribution is 2.17. The summed E-state index contributed by atoms with van der Waals surface area (Å²) in [6, 6.07) is 0. The van der Waals surface area contributed by atoms with Gasteiger partial charge in [-0.3, -0.25) is 4.79 Å². The van der Waals surface area contributed by atoms with Crippen molar-refractivity contribution in [1.82, 2.24) is 4.90 Å². The van der Waals surface area contributed by atoms with Gasteiger partial charge in [0, 0.05) is 25.0 Å². The van der Waals surface area contributed by atoms with Gasteiger partial charge in [-0.25, -0.2) is 0 Å². The van der Waals surface area contributed by atoms with Crippen LogP contribution in [0.2, 0.25) is 0 Å². The fourth-order valence-corrected chi connectivity index (χ4v) is 1.29. The number of amides is 1. The molecule has 0 aromatic heterocycles. The van der Waals surface area contributed by atoms with Gasteiger partial charge in [0.25, 0.3) is 0 Å². The highest BCUT2D eigenvalue weighted by Gasteiger charge is 2.26. The Hall–Kier alpha value is -0.570. The van der Waals surface area contributed by atoms with Crippen LogP contribution in [0, 0.1) is 5.41 Å². The van der Waals surface area contributed by atoms with Gasteiger partial charge in [0.2, 0.25) is 5.91 Å². The van der Waals surface area contributed by atoms with Crippen molar-refractivity contribution < 1.29 is 4.79 Å². The molecular formula is C11H24N2O. The van der Waals surface area contributed by atoms with E-state index in [9.17, 15) is 4.79 Å². The van der Waals surface area contributed by atoms with E-state index in [4.69, 9.17) is 5.73 Å². The van der Waals surface area contributed by atoms with E-state index in [0.29, 0.717) is 13.1 Å². The number of nitrogens with zero attached hydrogens (tertiary/aromatic N) is 1.